The van der Waals surface area contributed by atoms with Gasteiger partial charge in [-0.3, -0.25) is 0 Å². The first-order valence-electron chi connectivity index (χ1n) is 10.7. The van der Waals surface area contributed by atoms with Gasteiger partial charge in [0.25, 0.3) is 0 Å². The molecule has 0 aliphatic heterocycles. The molecule has 3 rings (SSSR count). The molecule has 0 amide bonds. The van der Waals surface area contributed by atoms with Gasteiger partial charge in [0.1, 0.15) is 0 Å². The largest absolute Gasteiger partial charge is 0.106 e. The van der Waals surface area contributed by atoms with Gasteiger partial charge < -0.3 is 0 Å². The van der Waals surface area contributed by atoms with E-state index in [4.69, 9.17) is 0 Å². The van der Waals surface area contributed by atoms with Crippen LogP contribution in [0.1, 0.15) is 42.4 Å². The average Bonchev–Trinajstić information content (AvgIpc) is 2.80. The molecule has 0 saturated heterocycles. The lowest BCUT2D eigenvalue weighted by Gasteiger charge is -2.34. The van der Waals surface area contributed by atoms with Crippen LogP contribution < -0.4 is 0 Å². The molecule has 0 atom stereocenters. The van der Waals surface area contributed by atoms with Crippen LogP contribution >= 0.6 is 0 Å². The molecule has 29 heavy (non-hydrogen) atoms. The summed E-state index contributed by atoms with van der Waals surface area (Å²) in [5.74, 6) is 0. The van der Waals surface area contributed by atoms with Crippen molar-refractivity contribution in [1.29, 1.82) is 0 Å². The first-order valence-corrected chi connectivity index (χ1v) is 11.3. The predicted molar refractivity (Wildman–Crippen MR) is 126 cm³/mol. The Morgan fingerprint density at radius 1 is 0.552 bits per heavy atom. The molecule has 0 heterocycles. The number of aryl methyl sites for hydroxylation is 3. The van der Waals surface area contributed by atoms with Crippen LogP contribution in [0.2, 0.25) is 0 Å². The molecule has 0 aromatic heterocycles. The maximum Gasteiger partial charge on any atom is 0.0596 e. The average molecular weight is 396 g/mol. The van der Waals surface area contributed by atoms with Crippen molar-refractivity contribution < 1.29 is 0 Å². The minimum absolute atomic E-state index is 0.296. The second kappa shape index (κ2) is 11.6. The van der Waals surface area contributed by atoms with Gasteiger partial charge in [0.15, 0.2) is 0 Å². The number of benzene rings is 3. The van der Waals surface area contributed by atoms with E-state index in [1.165, 1.54) is 36.0 Å². The molecule has 1 heteroatoms. The molecule has 0 aliphatic rings. The molecule has 0 N–H and O–H groups in total. The highest BCUT2D eigenvalue weighted by Crippen LogP contribution is 2.39. The summed E-state index contributed by atoms with van der Waals surface area (Å²) in [4.78, 5) is 0. The van der Waals surface area contributed by atoms with Crippen molar-refractivity contribution in [2.75, 3.05) is 0 Å². The van der Waals surface area contributed by atoms with Crippen LogP contribution in [0, 0.1) is 5.41 Å². The summed E-state index contributed by atoms with van der Waals surface area (Å²) in [6.07, 6.45) is 10.5. The van der Waals surface area contributed by atoms with E-state index < -0.39 is 0 Å². The minimum atomic E-state index is 0.296. The lowest BCUT2D eigenvalue weighted by molar-refractivity contribution is 0.221. The van der Waals surface area contributed by atoms with Crippen molar-refractivity contribution in [2.24, 2.45) is 5.41 Å². The Morgan fingerprint density at radius 2 is 0.897 bits per heavy atom. The molecule has 0 bridgehead atoms. The third-order valence-electron chi connectivity index (χ3n) is 6.03. The normalized spacial score (nSPS) is 11.8. The lowest BCUT2D eigenvalue weighted by Crippen LogP contribution is -2.23. The molecule has 0 unspecified atom stereocenters. The first kappa shape index (κ1) is 21.3. The molecule has 147 valence electrons. The third kappa shape index (κ3) is 7.18. The SMILES string of the molecule is [Si]C=CCC(CCc1ccccc1)(CCc1ccccc1)CCc1ccccc1. The predicted octanol–water partition coefficient (Wildman–Crippen LogP) is 6.94. The van der Waals surface area contributed by atoms with Gasteiger partial charge in [-0.25, -0.2) is 0 Å². The Balaban J connectivity index is 1.77. The van der Waals surface area contributed by atoms with E-state index >= 15 is 0 Å². The van der Waals surface area contributed by atoms with Gasteiger partial charge in [-0.1, -0.05) is 97.1 Å². The maximum absolute atomic E-state index is 3.56. The highest BCUT2D eigenvalue weighted by atomic mass is 28.1. The van der Waals surface area contributed by atoms with Crippen LogP contribution in [0.25, 0.3) is 0 Å². The Morgan fingerprint density at radius 3 is 1.21 bits per heavy atom. The summed E-state index contributed by atoms with van der Waals surface area (Å²) >= 11 is 0. The van der Waals surface area contributed by atoms with Crippen LogP contribution in [0.4, 0.5) is 0 Å². The molecular formula is C28H31Si. The fourth-order valence-corrected chi connectivity index (χ4v) is 4.27. The fraction of sp³-hybridized carbons (Fsp3) is 0.286. The molecule has 0 saturated carbocycles. The van der Waals surface area contributed by atoms with Crippen LogP contribution in [0.3, 0.4) is 0 Å². The fourth-order valence-electron chi connectivity index (χ4n) is 4.15. The standard InChI is InChI=1S/C28H31Si/c29-24-10-20-28(21-17-25-11-4-1-5-12-25,22-18-26-13-6-2-7-14-26)23-19-27-15-8-3-9-16-27/h1-16,24H,17-23H2. The summed E-state index contributed by atoms with van der Waals surface area (Å²) in [7, 11) is 3.56. The number of hydrogen-bond donors (Lipinski definition) is 0. The smallest absolute Gasteiger partial charge is 0.0596 e. The summed E-state index contributed by atoms with van der Waals surface area (Å²) in [6, 6.07) is 32.8. The van der Waals surface area contributed by atoms with Crippen molar-refractivity contribution >= 4 is 10.2 Å². The highest BCUT2D eigenvalue weighted by Gasteiger charge is 2.28. The van der Waals surface area contributed by atoms with Crippen LogP contribution in [-0.2, 0) is 19.3 Å². The monoisotopic (exact) mass is 395 g/mol. The third-order valence-corrected chi connectivity index (χ3v) is 6.26. The number of allylic oxidation sites excluding steroid dienone is 1. The second-order valence-electron chi connectivity index (χ2n) is 8.06. The van der Waals surface area contributed by atoms with Gasteiger partial charge >= 0.3 is 0 Å². The molecular weight excluding hydrogens is 364 g/mol. The maximum atomic E-state index is 3.56. The molecule has 0 nitrogen and oxygen atoms in total. The molecule has 0 aliphatic carbocycles. The quantitative estimate of drug-likeness (QED) is 0.308. The zero-order chi connectivity index (χ0) is 20.2. The van der Waals surface area contributed by atoms with Crippen LogP contribution in [0.5, 0.6) is 0 Å². The van der Waals surface area contributed by atoms with Gasteiger partial charge in [-0.05, 0) is 67.1 Å². The number of hydrogen-bond acceptors (Lipinski definition) is 0. The van der Waals surface area contributed by atoms with E-state index in [9.17, 15) is 0 Å². The molecule has 0 fully saturated rings. The van der Waals surface area contributed by atoms with E-state index in [1.54, 1.807) is 0 Å². The van der Waals surface area contributed by atoms with E-state index in [1.807, 2.05) is 5.70 Å². The van der Waals surface area contributed by atoms with Crippen molar-refractivity contribution in [3.8, 4) is 0 Å². The highest BCUT2D eigenvalue weighted by molar-refractivity contribution is 6.16. The van der Waals surface area contributed by atoms with Crippen molar-refractivity contribution in [3.05, 3.63) is 119 Å². The molecule has 3 radical (unpaired) electrons. The zero-order valence-corrected chi connectivity index (χ0v) is 18.3. The summed E-state index contributed by atoms with van der Waals surface area (Å²) in [6.45, 7) is 0. The van der Waals surface area contributed by atoms with E-state index in [0.29, 0.717) is 5.41 Å². The van der Waals surface area contributed by atoms with Crippen molar-refractivity contribution in [2.45, 2.75) is 44.9 Å². The molecule has 0 spiro atoms. The van der Waals surface area contributed by atoms with Gasteiger partial charge in [-0.15, -0.1) is 5.70 Å². The lowest BCUT2D eigenvalue weighted by atomic mass is 9.71. The van der Waals surface area contributed by atoms with Crippen molar-refractivity contribution in [3.63, 3.8) is 0 Å². The Labute approximate surface area is 180 Å². The Hall–Kier alpha value is -2.38. The summed E-state index contributed by atoms with van der Waals surface area (Å²) in [5.41, 5.74) is 6.66. The van der Waals surface area contributed by atoms with Gasteiger partial charge in [-0.2, -0.15) is 0 Å². The van der Waals surface area contributed by atoms with Gasteiger partial charge in [0.2, 0.25) is 0 Å². The first-order chi connectivity index (χ1) is 14.3. The van der Waals surface area contributed by atoms with E-state index in [-0.39, 0.29) is 0 Å². The van der Waals surface area contributed by atoms with Gasteiger partial charge in [0, 0.05) is 0 Å². The Bertz CT molecular complexity index is 731. The van der Waals surface area contributed by atoms with E-state index in [2.05, 4.69) is 107 Å². The van der Waals surface area contributed by atoms with Gasteiger partial charge in [0.05, 0.1) is 10.2 Å². The summed E-state index contributed by atoms with van der Waals surface area (Å²) in [5, 5.41) is 0. The Kier molecular flexibility index (Phi) is 8.52. The van der Waals surface area contributed by atoms with E-state index in [0.717, 1.165) is 25.7 Å². The van der Waals surface area contributed by atoms with Crippen molar-refractivity contribution in [1.82, 2.24) is 0 Å². The second-order valence-corrected chi connectivity index (χ2v) is 8.40. The zero-order valence-electron chi connectivity index (χ0n) is 17.3. The number of rotatable bonds is 11. The topological polar surface area (TPSA) is 0 Å². The van der Waals surface area contributed by atoms with Crippen LogP contribution in [-0.4, -0.2) is 10.2 Å². The molecule has 3 aromatic carbocycles. The van der Waals surface area contributed by atoms with Crippen LogP contribution in [0.15, 0.2) is 103 Å². The molecule has 3 aromatic rings. The summed E-state index contributed by atoms with van der Waals surface area (Å²) < 4.78 is 0. The minimum Gasteiger partial charge on any atom is -0.106 e.